The first-order valence-electron chi connectivity index (χ1n) is 3.16. The van der Waals surface area contributed by atoms with Gasteiger partial charge in [-0.25, -0.2) is 0 Å². The molecule has 0 aromatic rings. The molecule has 0 aromatic carbocycles. The normalized spacial score (nSPS) is 30.1. The third-order valence-corrected chi connectivity index (χ3v) is 4.15. The maximum atomic E-state index is 8.61. The quantitative estimate of drug-likeness (QED) is 0.469. The molecule has 1 saturated heterocycles. The zero-order chi connectivity index (χ0) is 8.48. The van der Waals surface area contributed by atoms with Crippen molar-refractivity contribution in [3.8, 4) is 0 Å². The maximum Gasteiger partial charge on any atom is 0.135 e. The Bertz CT molecular complexity index is 223. The number of rotatable bonds is 0. The average Bonchev–Trinajstić information content (AvgIpc) is 2.24. The topological polar surface area (TPSA) is 45.0 Å². The Kier molecular flexibility index (Phi) is 2.49. The van der Waals surface area contributed by atoms with Gasteiger partial charge in [-0.15, -0.1) is 0 Å². The third-order valence-electron chi connectivity index (χ3n) is 1.31. The Labute approximate surface area is 74.3 Å². The Balaban J connectivity index is 2.88. The highest BCUT2D eigenvalue weighted by atomic mass is 32.2. The molecule has 1 fully saturated rings. The zero-order valence-corrected chi connectivity index (χ0v) is 8.29. The van der Waals surface area contributed by atoms with Gasteiger partial charge in [-0.1, -0.05) is 16.9 Å². The van der Waals surface area contributed by atoms with Crippen LogP contribution in [0.15, 0.2) is 10.1 Å². The Morgan fingerprint density at radius 2 is 2.09 bits per heavy atom. The van der Waals surface area contributed by atoms with E-state index in [9.17, 15) is 0 Å². The van der Waals surface area contributed by atoms with E-state index in [0.29, 0.717) is 0 Å². The third kappa shape index (κ3) is 1.70. The molecule has 11 heavy (non-hydrogen) atoms. The molecule has 0 saturated carbocycles. The van der Waals surface area contributed by atoms with Gasteiger partial charge in [-0.05, 0) is 25.6 Å². The fraction of sp³-hybridized carbons (Fsp3) is 0.667. The molecule has 1 aliphatic rings. The smallest absolute Gasteiger partial charge is 0.135 e. The van der Waals surface area contributed by atoms with E-state index in [1.807, 2.05) is 13.8 Å². The van der Waals surface area contributed by atoms with Gasteiger partial charge in [0.25, 0.3) is 0 Å². The number of hydrogen-bond acceptors (Lipinski definition) is 5. The Morgan fingerprint density at radius 1 is 1.45 bits per heavy atom. The van der Waals surface area contributed by atoms with Gasteiger partial charge in [0, 0.05) is 7.05 Å². The SMILES string of the molecule is C/N=C1/S/C(=N\O)C(C)(C)S1. The van der Waals surface area contributed by atoms with Crippen LogP contribution in [0, 0.1) is 0 Å². The number of nitrogens with zero attached hydrogens (tertiary/aromatic N) is 2. The van der Waals surface area contributed by atoms with Gasteiger partial charge in [-0.3, -0.25) is 4.99 Å². The summed E-state index contributed by atoms with van der Waals surface area (Å²) in [5, 5.41) is 12.6. The second kappa shape index (κ2) is 3.06. The Hall–Kier alpha value is -0.160. The summed E-state index contributed by atoms with van der Waals surface area (Å²) < 4.78 is 0.844. The molecular weight excluding hydrogens is 180 g/mol. The summed E-state index contributed by atoms with van der Waals surface area (Å²) in [5.74, 6) is 0. The van der Waals surface area contributed by atoms with Crippen LogP contribution < -0.4 is 0 Å². The van der Waals surface area contributed by atoms with Gasteiger partial charge in [0.2, 0.25) is 0 Å². The lowest BCUT2D eigenvalue weighted by molar-refractivity contribution is 0.319. The van der Waals surface area contributed by atoms with Gasteiger partial charge in [0.15, 0.2) is 0 Å². The molecule has 1 aliphatic heterocycles. The van der Waals surface area contributed by atoms with E-state index in [-0.39, 0.29) is 4.75 Å². The second-order valence-corrected chi connectivity index (χ2v) is 5.46. The first kappa shape index (κ1) is 8.93. The van der Waals surface area contributed by atoms with Crippen LogP contribution in [0.25, 0.3) is 0 Å². The fourth-order valence-electron chi connectivity index (χ4n) is 0.720. The highest BCUT2D eigenvalue weighted by molar-refractivity contribution is 8.50. The maximum absolute atomic E-state index is 8.61. The average molecular weight is 190 g/mol. The van der Waals surface area contributed by atoms with E-state index in [0.717, 1.165) is 9.42 Å². The summed E-state index contributed by atoms with van der Waals surface area (Å²) in [6, 6.07) is 0. The molecule has 0 radical (unpaired) electrons. The van der Waals surface area contributed by atoms with E-state index in [1.54, 1.807) is 18.8 Å². The summed E-state index contributed by atoms with van der Waals surface area (Å²) in [6.45, 7) is 4.02. The molecule has 1 rings (SSSR count). The van der Waals surface area contributed by atoms with Crippen LogP contribution in [-0.4, -0.2) is 26.4 Å². The van der Waals surface area contributed by atoms with Crippen LogP contribution in [0.4, 0.5) is 0 Å². The molecule has 1 N–H and O–H groups in total. The molecule has 0 aromatic heterocycles. The number of oxime groups is 1. The van der Waals surface area contributed by atoms with Crippen molar-refractivity contribution in [2.45, 2.75) is 18.6 Å². The molecular formula is C6H10N2OS2. The fourth-order valence-corrected chi connectivity index (χ4v) is 3.20. The molecule has 3 nitrogen and oxygen atoms in total. The van der Waals surface area contributed by atoms with Gasteiger partial charge in [0.1, 0.15) is 9.42 Å². The van der Waals surface area contributed by atoms with Crippen molar-refractivity contribution in [3.05, 3.63) is 0 Å². The van der Waals surface area contributed by atoms with Crippen molar-refractivity contribution in [1.29, 1.82) is 0 Å². The molecule has 62 valence electrons. The summed E-state index contributed by atoms with van der Waals surface area (Å²) in [4.78, 5) is 4.03. The van der Waals surface area contributed by atoms with Crippen molar-refractivity contribution < 1.29 is 5.21 Å². The van der Waals surface area contributed by atoms with Crippen LogP contribution in [0.2, 0.25) is 0 Å². The van der Waals surface area contributed by atoms with E-state index >= 15 is 0 Å². The standard InChI is InChI=1S/C6H10N2OS2/c1-6(2)4(8-9)10-5(7-3)11-6/h9H,1-3H3/b7-5-,8-4-. The van der Waals surface area contributed by atoms with Crippen molar-refractivity contribution in [1.82, 2.24) is 0 Å². The van der Waals surface area contributed by atoms with Gasteiger partial charge >= 0.3 is 0 Å². The Morgan fingerprint density at radius 3 is 2.36 bits per heavy atom. The lowest BCUT2D eigenvalue weighted by Gasteiger charge is -2.12. The van der Waals surface area contributed by atoms with Gasteiger partial charge in [-0.2, -0.15) is 0 Å². The number of hydrogen-bond donors (Lipinski definition) is 1. The van der Waals surface area contributed by atoms with Gasteiger partial charge in [0.05, 0.1) is 4.75 Å². The predicted molar refractivity (Wildman–Crippen MR) is 51.8 cm³/mol. The highest BCUT2D eigenvalue weighted by Gasteiger charge is 2.37. The van der Waals surface area contributed by atoms with Gasteiger partial charge < -0.3 is 5.21 Å². The molecule has 0 spiro atoms. The van der Waals surface area contributed by atoms with Crippen LogP contribution in [0.3, 0.4) is 0 Å². The summed E-state index contributed by atoms with van der Waals surface area (Å²) in [5.41, 5.74) is 0. The van der Waals surface area contributed by atoms with E-state index in [2.05, 4.69) is 10.1 Å². The number of aliphatic imine (C=N–C) groups is 1. The molecule has 0 aliphatic carbocycles. The van der Waals surface area contributed by atoms with Crippen LogP contribution >= 0.6 is 23.5 Å². The minimum absolute atomic E-state index is 0.117. The first-order chi connectivity index (χ1) is 5.10. The van der Waals surface area contributed by atoms with Crippen molar-refractivity contribution in [3.63, 3.8) is 0 Å². The van der Waals surface area contributed by atoms with Crippen LogP contribution in [-0.2, 0) is 0 Å². The minimum atomic E-state index is -0.117. The molecule has 0 bridgehead atoms. The largest absolute Gasteiger partial charge is 0.410 e. The molecule has 0 unspecified atom stereocenters. The molecule has 1 heterocycles. The van der Waals surface area contributed by atoms with E-state index in [1.165, 1.54) is 11.8 Å². The van der Waals surface area contributed by atoms with Crippen LogP contribution in [0.5, 0.6) is 0 Å². The summed E-state index contributed by atoms with van der Waals surface area (Å²) in [7, 11) is 1.74. The zero-order valence-electron chi connectivity index (χ0n) is 6.66. The second-order valence-electron chi connectivity index (χ2n) is 2.61. The van der Waals surface area contributed by atoms with Crippen LogP contribution in [0.1, 0.15) is 13.8 Å². The van der Waals surface area contributed by atoms with E-state index < -0.39 is 0 Å². The van der Waals surface area contributed by atoms with Crippen molar-refractivity contribution >= 4 is 32.9 Å². The van der Waals surface area contributed by atoms with E-state index in [4.69, 9.17) is 5.21 Å². The molecule has 0 amide bonds. The molecule has 0 atom stereocenters. The van der Waals surface area contributed by atoms with Crippen molar-refractivity contribution in [2.75, 3.05) is 7.05 Å². The first-order valence-corrected chi connectivity index (χ1v) is 4.79. The van der Waals surface area contributed by atoms with Crippen molar-refractivity contribution in [2.24, 2.45) is 10.1 Å². The summed E-state index contributed by atoms with van der Waals surface area (Å²) >= 11 is 3.05. The highest BCUT2D eigenvalue weighted by Crippen LogP contribution is 2.43. The predicted octanol–water partition coefficient (Wildman–Crippen LogP) is 2.02. The minimum Gasteiger partial charge on any atom is -0.410 e. The molecule has 5 heteroatoms. The monoisotopic (exact) mass is 190 g/mol. The lowest BCUT2D eigenvalue weighted by atomic mass is 10.2. The number of thioether (sulfide) groups is 2. The summed E-state index contributed by atoms with van der Waals surface area (Å²) in [6.07, 6.45) is 0. The lowest BCUT2D eigenvalue weighted by Crippen LogP contribution is -2.19.